The molecule has 2 aromatic carbocycles. The van der Waals surface area contributed by atoms with Gasteiger partial charge in [0.15, 0.2) is 12.4 Å². The average molecular weight is 498 g/mol. The highest BCUT2D eigenvalue weighted by molar-refractivity contribution is 6.04. The molecule has 2 aromatic rings. The van der Waals surface area contributed by atoms with Crippen LogP contribution in [0, 0.1) is 22.0 Å². The Morgan fingerprint density at radius 2 is 1.89 bits per heavy atom. The Balaban J connectivity index is 1.40. The van der Waals surface area contributed by atoms with Crippen LogP contribution in [0.1, 0.15) is 28.4 Å². The molecule has 0 radical (unpaired) electrons. The molecule has 12 heteroatoms. The van der Waals surface area contributed by atoms with Crippen LogP contribution in [0.4, 0.5) is 11.4 Å². The first kappa shape index (κ1) is 23.9. The second-order valence-corrected chi connectivity index (χ2v) is 8.64. The third kappa shape index (κ3) is 3.79. The molecule has 3 saturated heterocycles. The minimum Gasteiger partial charge on any atom is -0.465 e. The van der Waals surface area contributed by atoms with Gasteiger partial charge in [0.25, 0.3) is 17.4 Å². The number of ether oxygens (including phenoxy) is 5. The SMILES string of the molecule is COC(=O)[C@]12O[C@@H](OC)[C@@H]3OC(=O)[C@H](C[C@H](c4cccc(NC(=O)c5ccc([N+](=O)[O-])cc5)c4)O1)[C@@H]32. The number of hydrogen-bond donors (Lipinski definition) is 1. The molecule has 3 aliphatic heterocycles. The number of anilines is 1. The van der Waals surface area contributed by atoms with Crippen LogP contribution in [0.25, 0.3) is 0 Å². The fourth-order valence-electron chi connectivity index (χ4n) is 5.05. The monoisotopic (exact) mass is 498 g/mol. The van der Waals surface area contributed by atoms with Crippen molar-refractivity contribution in [2.24, 2.45) is 11.8 Å². The third-order valence-electron chi connectivity index (χ3n) is 6.68. The summed E-state index contributed by atoms with van der Waals surface area (Å²) in [5, 5.41) is 13.6. The Morgan fingerprint density at radius 1 is 1.14 bits per heavy atom. The molecule has 36 heavy (non-hydrogen) atoms. The second kappa shape index (κ2) is 8.97. The zero-order chi connectivity index (χ0) is 25.6. The molecule has 5 rings (SSSR count). The van der Waals surface area contributed by atoms with Crippen molar-refractivity contribution >= 4 is 29.2 Å². The van der Waals surface area contributed by atoms with Gasteiger partial charge in [-0.05, 0) is 36.2 Å². The lowest BCUT2D eigenvalue weighted by Crippen LogP contribution is -2.54. The lowest BCUT2D eigenvalue weighted by atomic mass is 9.77. The smallest absolute Gasteiger partial charge is 0.367 e. The van der Waals surface area contributed by atoms with Crippen molar-refractivity contribution in [3.63, 3.8) is 0 Å². The first-order valence-electron chi connectivity index (χ1n) is 11.1. The molecular weight excluding hydrogens is 476 g/mol. The summed E-state index contributed by atoms with van der Waals surface area (Å²) in [7, 11) is 2.58. The van der Waals surface area contributed by atoms with Gasteiger partial charge in [-0.15, -0.1) is 0 Å². The predicted molar refractivity (Wildman–Crippen MR) is 119 cm³/mol. The summed E-state index contributed by atoms with van der Waals surface area (Å²) in [6.45, 7) is 0. The molecule has 3 heterocycles. The van der Waals surface area contributed by atoms with E-state index in [-0.39, 0.29) is 17.7 Å². The van der Waals surface area contributed by atoms with Crippen LogP contribution >= 0.6 is 0 Å². The molecule has 1 amide bonds. The van der Waals surface area contributed by atoms with Crippen LogP contribution in [-0.4, -0.2) is 55.2 Å². The average Bonchev–Trinajstić information content (AvgIpc) is 3.40. The van der Waals surface area contributed by atoms with Crippen molar-refractivity contribution in [1.82, 2.24) is 0 Å². The van der Waals surface area contributed by atoms with Crippen molar-refractivity contribution < 1.29 is 43.0 Å². The number of nitrogens with zero attached hydrogens (tertiary/aromatic N) is 1. The number of non-ortho nitro benzene ring substituents is 1. The Hall–Kier alpha value is -3.87. The summed E-state index contributed by atoms with van der Waals surface area (Å²) in [5.74, 6) is -5.05. The molecule has 3 aliphatic rings. The molecule has 0 aliphatic carbocycles. The van der Waals surface area contributed by atoms with Gasteiger partial charge in [-0.1, -0.05) is 12.1 Å². The van der Waals surface area contributed by atoms with E-state index in [1.807, 2.05) is 0 Å². The van der Waals surface area contributed by atoms with Gasteiger partial charge in [-0.25, -0.2) is 4.79 Å². The first-order valence-corrected chi connectivity index (χ1v) is 11.1. The summed E-state index contributed by atoms with van der Waals surface area (Å²) < 4.78 is 27.8. The fraction of sp³-hybridized carbons (Fsp3) is 0.375. The minimum absolute atomic E-state index is 0.127. The number of nitrogens with one attached hydrogen (secondary N) is 1. The number of carbonyl (C=O) groups excluding carboxylic acids is 3. The summed E-state index contributed by atoms with van der Waals surface area (Å²) in [5.41, 5.74) is 1.11. The molecule has 188 valence electrons. The number of rotatable bonds is 6. The molecular formula is C24H22N2O10. The maximum absolute atomic E-state index is 12.9. The topological polar surface area (TPSA) is 153 Å². The Bertz CT molecular complexity index is 1230. The van der Waals surface area contributed by atoms with Crippen LogP contribution in [0.2, 0.25) is 0 Å². The van der Waals surface area contributed by atoms with Crippen LogP contribution in [0.5, 0.6) is 0 Å². The number of amides is 1. The maximum atomic E-state index is 12.9. The Morgan fingerprint density at radius 3 is 2.56 bits per heavy atom. The zero-order valence-corrected chi connectivity index (χ0v) is 19.2. The molecule has 0 aromatic heterocycles. The predicted octanol–water partition coefficient (Wildman–Crippen LogP) is 2.34. The largest absolute Gasteiger partial charge is 0.465 e. The number of esters is 2. The van der Waals surface area contributed by atoms with E-state index in [9.17, 15) is 24.5 Å². The van der Waals surface area contributed by atoms with Crippen molar-refractivity contribution in [2.75, 3.05) is 19.5 Å². The molecule has 6 atom stereocenters. The number of nitro benzene ring substituents is 1. The number of carbonyl (C=O) groups is 3. The van der Waals surface area contributed by atoms with E-state index in [1.54, 1.807) is 24.3 Å². The van der Waals surface area contributed by atoms with Gasteiger partial charge in [-0.3, -0.25) is 19.7 Å². The zero-order valence-electron chi connectivity index (χ0n) is 19.2. The molecule has 0 spiro atoms. The Labute approximate surface area is 204 Å². The number of benzene rings is 2. The van der Waals surface area contributed by atoms with Gasteiger partial charge in [0.05, 0.1) is 30.0 Å². The molecule has 3 fully saturated rings. The van der Waals surface area contributed by atoms with Gasteiger partial charge >= 0.3 is 11.9 Å². The van der Waals surface area contributed by atoms with Crippen LogP contribution in [0.3, 0.4) is 0 Å². The molecule has 0 saturated carbocycles. The van der Waals surface area contributed by atoms with E-state index < -0.39 is 58.9 Å². The van der Waals surface area contributed by atoms with Crippen molar-refractivity contribution in [3.05, 3.63) is 69.8 Å². The lowest BCUT2D eigenvalue weighted by molar-refractivity contribution is -0.384. The van der Waals surface area contributed by atoms with E-state index in [0.717, 1.165) is 0 Å². The highest BCUT2D eigenvalue weighted by Crippen LogP contribution is 2.56. The first-order chi connectivity index (χ1) is 17.3. The number of hydrogen-bond acceptors (Lipinski definition) is 10. The Kier molecular flexibility index (Phi) is 5.94. The van der Waals surface area contributed by atoms with Crippen LogP contribution in [0.15, 0.2) is 48.5 Å². The van der Waals surface area contributed by atoms with Crippen molar-refractivity contribution in [1.29, 1.82) is 0 Å². The van der Waals surface area contributed by atoms with E-state index in [4.69, 9.17) is 23.7 Å². The fourth-order valence-corrected chi connectivity index (χ4v) is 5.05. The maximum Gasteiger partial charge on any atom is 0.367 e. The lowest BCUT2D eigenvalue weighted by Gasteiger charge is -2.40. The normalized spacial score (nSPS) is 30.3. The molecule has 0 bridgehead atoms. The highest BCUT2D eigenvalue weighted by atomic mass is 16.8. The summed E-state index contributed by atoms with van der Waals surface area (Å²) in [6, 6.07) is 11.9. The van der Waals surface area contributed by atoms with Gasteiger partial charge < -0.3 is 29.0 Å². The van der Waals surface area contributed by atoms with Crippen LogP contribution < -0.4 is 5.32 Å². The quantitative estimate of drug-likeness (QED) is 0.357. The summed E-state index contributed by atoms with van der Waals surface area (Å²) in [4.78, 5) is 48.5. The van der Waals surface area contributed by atoms with Gasteiger partial charge in [0.2, 0.25) is 0 Å². The van der Waals surface area contributed by atoms with Gasteiger partial charge in [0.1, 0.15) is 0 Å². The van der Waals surface area contributed by atoms with Gasteiger partial charge in [-0.2, -0.15) is 0 Å². The van der Waals surface area contributed by atoms with E-state index in [1.165, 1.54) is 38.5 Å². The molecule has 0 unspecified atom stereocenters. The van der Waals surface area contributed by atoms with Gasteiger partial charge in [0, 0.05) is 30.5 Å². The summed E-state index contributed by atoms with van der Waals surface area (Å²) in [6.07, 6.45) is -2.34. The van der Waals surface area contributed by atoms with E-state index in [2.05, 4.69) is 5.32 Å². The number of methoxy groups -OCH3 is 2. The number of nitro groups is 1. The molecule has 1 N–H and O–H groups in total. The van der Waals surface area contributed by atoms with Crippen LogP contribution in [-0.2, 0) is 33.3 Å². The van der Waals surface area contributed by atoms with E-state index in [0.29, 0.717) is 11.3 Å². The molecule has 12 nitrogen and oxygen atoms in total. The van der Waals surface area contributed by atoms with Crippen molar-refractivity contribution in [2.45, 2.75) is 30.7 Å². The third-order valence-corrected chi connectivity index (χ3v) is 6.68. The highest BCUT2D eigenvalue weighted by Gasteiger charge is 2.73. The van der Waals surface area contributed by atoms with Crippen molar-refractivity contribution in [3.8, 4) is 0 Å². The second-order valence-electron chi connectivity index (χ2n) is 8.64. The van der Waals surface area contributed by atoms with E-state index >= 15 is 0 Å². The minimum atomic E-state index is -1.89. The summed E-state index contributed by atoms with van der Waals surface area (Å²) >= 11 is 0. The standard InChI is InChI=1S/C24H22N2O10/c1-32-22-19-18-16(21(28)34-19)11-17(35-24(18,36-22)23(29)33-2)13-4-3-5-14(10-13)25-20(27)12-6-8-15(9-7-12)26(30)31/h3-10,16-19,22H,11H2,1-2H3,(H,25,27)/t16-,17-,18+,19-,22-,24+/m1/s1.